The third kappa shape index (κ3) is 1.59. The lowest BCUT2D eigenvalue weighted by Gasteiger charge is -2.29. The number of para-hydroxylation sites is 1. The van der Waals surface area contributed by atoms with Crippen molar-refractivity contribution in [3.63, 3.8) is 0 Å². The molecule has 5 heteroatoms. The molecule has 1 aromatic carbocycles. The van der Waals surface area contributed by atoms with Gasteiger partial charge in [-0.1, -0.05) is 12.5 Å². The van der Waals surface area contributed by atoms with E-state index in [-0.39, 0.29) is 5.54 Å². The zero-order valence-corrected chi connectivity index (χ0v) is 11.2. The van der Waals surface area contributed by atoms with Crippen LogP contribution in [0.15, 0.2) is 22.6 Å². The molecular weight excluding hydrogens is 254 g/mol. The van der Waals surface area contributed by atoms with Crippen molar-refractivity contribution in [3.8, 4) is 0 Å². The molecule has 1 saturated carbocycles. The second kappa shape index (κ2) is 4.06. The fraction of sp³-hybridized carbons (Fsp3) is 0.467. The van der Waals surface area contributed by atoms with E-state index in [2.05, 4.69) is 10.3 Å². The number of oxazole rings is 1. The van der Waals surface area contributed by atoms with Gasteiger partial charge in [0.15, 0.2) is 5.58 Å². The lowest BCUT2D eigenvalue weighted by molar-refractivity contribution is 0.100. The number of nitrogens with one attached hydrogen (secondary N) is 1. The monoisotopic (exact) mass is 271 g/mol. The lowest BCUT2D eigenvalue weighted by Crippen LogP contribution is -2.37. The maximum absolute atomic E-state index is 11.5. The van der Waals surface area contributed by atoms with Crippen molar-refractivity contribution in [2.45, 2.75) is 31.2 Å². The highest BCUT2D eigenvalue weighted by atomic mass is 16.4. The number of carbonyl (C=O) groups is 1. The molecule has 0 unspecified atom stereocenters. The van der Waals surface area contributed by atoms with Crippen LogP contribution in [0.2, 0.25) is 0 Å². The predicted octanol–water partition coefficient (Wildman–Crippen LogP) is 1.92. The molecule has 1 amide bonds. The highest BCUT2D eigenvalue weighted by molar-refractivity contribution is 6.03. The van der Waals surface area contributed by atoms with Crippen LogP contribution in [0, 0.1) is 5.92 Å². The largest absolute Gasteiger partial charge is 0.438 e. The molecule has 2 atom stereocenters. The standard InChI is InChI=1S/C15H17N3O2/c16-13(19)10-4-1-5-11-12(10)20-14(18-11)15-6-2-3-9(7-15)8-17-15/h1,4-5,9,17H,2-3,6-8H2,(H2,16,19)/t9-,15+/m1/s1. The van der Waals surface area contributed by atoms with E-state index in [4.69, 9.17) is 10.2 Å². The number of fused-ring (bicyclic) bond motifs is 3. The van der Waals surface area contributed by atoms with Crippen molar-refractivity contribution in [2.24, 2.45) is 11.7 Å². The van der Waals surface area contributed by atoms with E-state index in [9.17, 15) is 4.79 Å². The summed E-state index contributed by atoms with van der Waals surface area (Å²) >= 11 is 0. The Labute approximate surface area is 116 Å². The van der Waals surface area contributed by atoms with Crippen molar-refractivity contribution >= 4 is 17.0 Å². The Hall–Kier alpha value is -1.88. The summed E-state index contributed by atoms with van der Waals surface area (Å²) in [5.41, 5.74) is 6.89. The minimum atomic E-state index is -0.475. The molecule has 0 radical (unpaired) electrons. The summed E-state index contributed by atoms with van der Waals surface area (Å²) in [5, 5.41) is 3.59. The summed E-state index contributed by atoms with van der Waals surface area (Å²) in [6.07, 6.45) is 4.59. The van der Waals surface area contributed by atoms with Crippen LogP contribution in [-0.2, 0) is 5.54 Å². The van der Waals surface area contributed by atoms with E-state index >= 15 is 0 Å². The predicted molar refractivity (Wildman–Crippen MR) is 74.2 cm³/mol. The number of rotatable bonds is 2. The molecule has 104 valence electrons. The third-order valence-corrected chi connectivity index (χ3v) is 4.67. The second-order valence-corrected chi connectivity index (χ2v) is 5.96. The van der Waals surface area contributed by atoms with E-state index in [0.29, 0.717) is 22.6 Å². The lowest BCUT2D eigenvalue weighted by atomic mass is 9.80. The number of nitrogens with zero attached hydrogens (tertiary/aromatic N) is 1. The number of aromatic nitrogens is 1. The molecule has 0 spiro atoms. The molecule has 2 aliphatic rings. The summed E-state index contributed by atoms with van der Waals surface area (Å²) in [4.78, 5) is 16.1. The van der Waals surface area contributed by atoms with Gasteiger partial charge >= 0.3 is 0 Å². The molecule has 1 aliphatic heterocycles. The molecule has 2 heterocycles. The fourth-order valence-corrected chi connectivity index (χ4v) is 3.68. The Morgan fingerprint density at radius 3 is 3.25 bits per heavy atom. The number of hydrogen-bond donors (Lipinski definition) is 2. The molecule has 1 aliphatic carbocycles. The van der Waals surface area contributed by atoms with Crippen molar-refractivity contribution in [3.05, 3.63) is 29.7 Å². The molecule has 20 heavy (non-hydrogen) atoms. The van der Waals surface area contributed by atoms with Gasteiger partial charge in [-0.2, -0.15) is 0 Å². The smallest absolute Gasteiger partial charge is 0.252 e. The highest BCUT2D eigenvalue weighted by Gasteiger charge is 2.46. The van der Waals surface area contributed by atoms with E-state index in [1.807, 2.05) is 6.07 Å². The minimum Gasteiger partial charge on any atom is -0.438 e. The third-order valence-electron chi connectivity index (χ3n) is 4.67. The number of hydrogen-bond acceptors (Lipinski definition) is 4. The quantitative estimate of drug-likeness (QED) is 0.874. The number of primary amides is 1. The topological polar surface area (TPSA) is 81.2 Å². The van der Waals surface area contributed by atoms with Gasteiger partial charge in [0.05, 0.1) is 11.1 Å². The Morgan fingerprint density at radius 1 is 1.50 bits per heavy atom. The summed E-state index contributed by atoms with van der Waals surface area (Å²) < 4.78 is 5.95. The van der Waals surface area contributed by atoms with Crippen LogP contribution in [0.5, 0.6) is 0 Å². The van der Waals surface area contributed by atoms with E-state index in [0.717, 1.165) is 25.3 Å². The highest BCUT2D eigenvalue weighted by Crippen LogP contribution is 2.44. The number of benzene rings is 1. The molecule has 5 nitrogen and oxygen atoms in total. The average Bonchev–Trinajstić information content (AvgIpc) is 3.00. The SMILES string of the molecule is NC(=O)c1cccc2nc([C@@]34CCC[C@@H](CN3)C4)oc12. The van der Waals surface area contributed by atoms with Crippen LogP contribution in [0.1, 0.15) is 41.9 Å². The van der Waals surface area contributed by atoms with Gasteiger partial charge in [-0.15, -0.1) is 0 Å². The molecule has 1 aromatic heterocycles. The van der Waals surface area contributed by atoms with Crippen LogP contribution in [0.3, 0.4) is 0 Å². The van der Waals surface area contributed by atoms with Gasteiger partial charge in [0, 0.05) is 0 Å². The van der Waals surface area contributed by atoms with Gasteiger partial charge in [0.2, 0.25) is 5.89 Å². The van der Waals surface area contributed by atoms with Gasteiger partial charge in [-0.25, -0.2) is 4.98 Å². The van der Waals surface area contributed by atoms with E-state index in [1.54, 1.807) is 12.1 Å². The fourth-order valence-electron chi connectivity index (χ4n) is 3.68. The zero-order valence-electron chi connectivity index (χ0n) is 11.2. The Bertz CT molecular complexity index is 689. The molecule has 1 saturated heterocycles. The normalized spacial score (nSPS) is 28.9. The molecular formula is C15H17N3O2. The number of nitrogens with two attached hydrogens (primary N) is 1. The second-order valence-electron chi connectivity index (χ2n) is 5.96. The molecule has 2 fully saturated rings. The zero-order chi connectivity index (χ0) is 13.7. The van der Waals surface area contributed by atoms with Crippen LogP contribution in [0.25, 0.3) is 11.1 Å². The summed E-state index contributed by atoms with van der Waals surface area (Å²) in [5.74, 6) is 0.953. The first kappa shape index (κ1) is 11.9. The van der Waals surface area contributed by atoms with Gasteiger partial charge in [-0.3, -0.25) is 4.79 Å². The van der Waals surface area contributed by atoms with Crippen LogP contribution in [0.4, 0.5) is 0 Å². The van der Waals surface area contributed by atoms with Crippen LogP contribution >= 0.6 is 0 Å². The van der Waals surface area contributed by atoms with Crippen LogP contribution < -0.4 is 11.1 Å². The summed E-state index contributed by atoms with van der Waals surface area (Å²) in [6.45, 7) is 1.03. The first-order valence-electron chi connectivity index (χ1n) is 7.13. The first-order chi connectivity index (χ1) is 9.68. The maximum Gasteiger partial charge on any atom is 0.252 e. The maximum atomic E-state index is 11.5. The van der Waals surface area contributed by atoms with E-state index < -0.39 is 5.91 Å². The molecule has 4 rings (SSSR count). The number of carbonyl (C=O) groups excluding carboxylic acids is 1. The molecule has 2 bridgehead atoms. The molecule has 3 N–H and O–H groups in total. The summed E-state index contributed by atoms with van der Waals surface area (Å²) in [6, 6.07) is 5.34. The average molecular weight is 271 g/mol. The van der Waals surface area contributed by atoms with E-state index in [1.165, 1.54) is 12.8 Å². The van der Waals surface area contributed by atoms with Gasteiger partial charge < -0.3 is 15.5 Å². The molecule has 2 aromatic rings. The number of amides is 1. The Kier molecular flexibility index (Phi) is 2.41. The van der Waals surface area contributed by atoms with Crippen molar-refractivity contribution in [1.82, 2.24) is 10.3 Å². The summed E-state index contributed by atoms with van der Waals surface area (Å²) in [7, 11) is 0. The van der Waals surface area contributed by atoms with Crippen molar-refractivity contribution < 1.29 is 9.21 Å². The van der Waals surface area contributed by atoms with Crippen LogP contribution in [-0.4, -0.2) is 17.4 Å². The Morgan fingerprint density at radius 2 is 2.40 bits per heavy atom. The van der Waals surface area contributed by atoms with Gasteiger partial charge in [0.1, 0.15) is 5.52 Å². The first-order valence-corrected chi connectivity index (χ1v) is 7.13. The Balaban J connectivity index is 1.85. The van der Waals surface area contributed by atoms with Crippen molar-refractivity contribution in [2.75, 3.05) is 6.54 Å². The van der Waals surface area contributed by atoms with Gasteiger partial charge in [0.25, 0.3) is 5.91 Å². The van der Waals surface area contributed by atoms with Crippen molar-refractivity contribution in [1.29, 1.82) is 0 Å². The minimum absolute atomic E-state index is 0.142. The van der Waals surface area contributed by atoms with Gasteiger partial charge in [-0.05, 0) is 43.9 Å².